The number of hydrogen-bond donors (Lipinski definition) is 1. The summed E-state index contributed by atoms with van der Waals surface area (Å²) in [7, 11) is 0. The first-order chi connectivity index (χ1) is 10.1. The Morgan fingerprint density at radius 3 is 2.43 bits per heavy atom. The van der Waals surface area contributed by atoms with Gasteiger partial charge in [0.05, 0.1) is 0 Å². The van der Waals surface area contributed by atoms with Crippen molar-refractivity contribution in [3.63, 3.8) is 0 Å². The molecule has 122 valence electrons. The molecule has 1 saturated carbocycles. The van der Waals surface area contributed by atoms with Gasteiger partial charge >= 0.3 is 5.97 Å². The van der Waals surface area contributed by atoms with Crippen molar-refractivity contribution in [1.29, 1.82) is 0 Å². The first kappa shape index (κ1) is 18.2. The lowest BCUT2D eigenvalue weighted by atomic mass is 9.86. The van der Waals surface area contributed by atoms with Crippen LogP contribution in [0.4, 0.5) is 0 Å². The van der Waals surface area contributed by atoms with Crippen LogP contribution >= 0.6 is 0 Å². The second-order valence-electron chi connectivity index (χ2n) is 6.57. The Morgan fingerprint density at radius 2 is 1.71 bits per heavy atom. The first-order valence-electron chi connectivity index (χ1n) is 8.89. The van der Waals surface area contributed by atoms with Gasteiger partial charge in [0.15, 0.2) is 0 Å². The lowest BCUT2D eigenvalue weighted by molar-refractivity contribution is -0.137. The van der Waals surface area contributed by atoms with Crippen molar-refractivity contribution >= 4 is 11.8 Å². The molecule has 1 aliphatic rings. The van der Waals surface area contributed by atoms with E-state index in [1.807, 2.05) is 0 Å². The summed E-state index contributed by atoms with van der Waals surface area (Å²) in [6.45, 7) is 2.22. The summed E-state index contributed by atoms with van der Waals surface area (Å²) in [4.78, 5) is 22.4. The number of ketones is 1. The van der Waals surface area contributed by atoms with Crippen molar-refractivity contribution in [1.82, 2.24) is 0 Å². The van der Waals surface area contributed by atoms with Gasteiger partial charge in [-0.3, -0.25) is 9.59 Å². The molecule has 0 aromatic heterocycles. The van der Waals surface area contributed by atoms with Crippen molar-refractivity contribution in [2.75, 3.05) is 0 Å². The third-order valence-corrected chi connectivity index (χ3v) is 4.83. The number of unbranched alkanes of at least 4 members (excludes halogenated alkanes) is 6. The van der Waals surface area contributed by atoms with E-state index in [0.29, 0.717) is 24.0 Å². The fourth-order valence-corrected chi connectivity index (χ4v) is 3.55. The maximum atomic E-state index is 12.0. The highest BCUT2D eigenvalue weighted by Gasteiger charge is 2.33. The summed E-state index contributed by atoms with van der Waals surface area (Å²) in [5.74, 6) is 0.792. The highest BCUT2D eigenvalue weighted by Crippen LogP contribution is 2.36. The van der Waals surface area contributed by atoms with Gasteiger partial charge in [0.1, 0.15) is 5.78 Å². The highest BCUT2D eigenvalue weighted by molar-refractivity contribution is 5.83. The molecule has 0 amide bonds. The molecule has 0 bridgehead atoms. The number of carboxylic acid groups (broad SMARTS) is 1. The topological polar surface area (TPSA) is 54.4 Å². The fourth-order valence-electron chi connectivity index (χ4n) is 3.55. The quantitative estimate of drug-likeness (QED) is 0.517. The van der Waals surface area contributed by atoms with Crippen LogP contribution in [0.3, 0.4) is 0 Å². The van der Waals surface area contributed by atoms with Crippen molar-refractivity contribution in [3.05, 3.63) is 0 Å². The van der Waals surface area contributed by atoms with Gasteiger partial charge < -0.3 is 5.11 Å². The summed E-state index contributed by atoms with van der Waals surface area (Å²) >= 11 is 0. The van der Waals surface area contributed by atoms with Gasteiger partial charge in [0, 0.05) is 18.8 Å². The van der Waals surface area contributed by atoms with E-state index in [4.69, 9.17) is 5.11 Å². The molecule has 0 saturated heterocycles. The summed E-state index contributed by atoms with van der Waals surface area (Å²) in [5.41, 5.74) is 0. The minimum atomic E-state index is -0.693. The molecule has 3 nitrogen and oxygen atoms in total. The second-order valence-corrected chi connectivity index (χ2v) is 6.57. The largest absolute Gasteiger partial charge is 0.481 e. The summed E-state index contributed by atoms with van der Waals surface area (Å²) < 4.78 is 0. The summed E-state index contributed by atoms with van der Waals surface area (Å²) in [6, 6.07) is 0. The van der Waals surface area contributed by atoms with Gasteiger partial charge in [0.2, 0.25) is 0 Å². The molecule has 0 radical (unpaired) electrons. The molecule has 0 aromatic rings. The number of Topliss-reactive ketones (excluding diaryl/α,β-unsaturated/α-hetero) is 1. The Morgan fingerprint density at radius 1 is 1.05 bits per heavy atom. The number of aliphatic carboxylic acids is 1. The number of carbonyl (C=O) groups excluding carboxylic acids is 1. The average molecular weight is 296 g/mol. The molecule has 1 fully saturated rings. The van der Waals surface area contributed by atoms with Crippen LogP contribution in [-0.4, -0.2) is 16.9 Å². The van der Waals surface area contributed by atoms with Crippen LogP contribution < -0.4 is 0 Å². The van der Waals surface area contributed by atoms with Crippen molar-refractivity contribution in [2.45, 2.75) is 90.4 Å². The van der Waals surface area contributed by atoms with Crippen LogP contribution in [0.15, 0.2) is 0 Å². The summed E-state index contributed by atoms with van der Waals surface area (Å²) in [6.07, 6.45) is 13.5. The standard InChI is InChI=1S/C18H32O3/c1-2-3-7-10-15-13-14-17(19)16(15)11-8-5-4-6-9-12-18(20)21/h15-16H,2-14H2,1H3,(H,20,21). The molecule has 0 aromatic carbocycles. The van der Waals surface area contributed by atoms with E-state index in [-0.39, 0.29) is 0 Å². The van der Waals surface area contributed by atoms with Crippen molar-refractivity contribution in [2.24, 2.45) is 11.8 Å². The van der Waals surface area contributed by atoms with E-state index in [2.05, 4.69) is 6.92 Å². The van der Waals surface area contributed by atoms with Crippen molar-refractivity contribution in [3.8, 4) is 0 Å². The molecule has 1 N–H and O–H groups in total. The Balaban J connectivity index is 2.10. The van der Waals surface area contributed by atoms with Crippen LogP contribution in [0, 0.1) is 11.8 Å². The second kappa shape index (κ2) is 10.8. The molecule has 0 spiro atoms. The maximum Gasteiger partial charge on any atom is 0.303 e. The van der Waals surface area contributed by atoms with Crippen LogP contribution in [0.25, 0.3) is 0 Å². The van der Waals surface area contributed by atoms with E-state index < -0.39 is 5.97 Å². The SMILES string of the molecule is CCCCCC1CCC(=O)C1CCCCCCCC(=O)O. The molecule has 21 heavy (non-hydrogen) atoms. The monoisotopic (exact) mass is 296 g/mol. The molecule has 3 heteroatoms. The van der Waals surface area contributed by atoms with Crippen molar-refractivity contribution < 1.29 is 14.7 Å². The van der Waals surface area contributed by atoms with Gasteiger partial charge in [-0.2, -0.15) is 0 Å². The molecule has 2 unspecified atom stereocenters. The smallest absolute Gasteiger partial charge is 0.303 e. The Hall–Kier alpha value is -0.860. The number of hydrogen-bond acceptors (Lipinski definition) is 2. The molecular weight excluding hydrogens is 264 g/mol. The van der Waals surface area contributed by atoms with Crippen LogP contribution in [0.1, 0.15) is 90.4 Å². The minimum Gasteiger partial charge on any atom is -0.481 e. The zero-order valence-electron chi connectivity index (χ0n) is 13.6. The maximum absolute atomic E-state index is 12.0. The van der Waals surface area contributed by atoms with Crippen LogP contribution in [0.5, 0.6) is 0 Å². The molecule has 1 aliphatic carbocycles. The van der Waals surface area contributed by atoms with E-state index in [1.54, 1.807) is 0 Å². The molecule has 2 atom stereocenters. The lowest BCUT2D eigenvalue weighted by Gasteiger charge is -2.18. The molecule has 0 aliphatic heterocycles. The molecule has 0 heterocycles. The van der Waals surface area contributed by atoms with Gasteiger partial charge in [-0.15, -0.1) is 0 Å². The minimum absolute atomic E-state index is 0.292. The third kappa shape index (κ3) is 7.63. The Bertz CT molecular complexity index is 312. The summed E-state index contributed by atoms with van der Waals surface area (Å²) in [5, 5.41) is 8.57. The normalized spacial score (nSPS) is 21.9. The van der Waals surface area contributed by atoms with Gasteiger partial charge in [-0.1, -0.05) is 51.9 Å². The average Bonchev–Trinajstić information content (AvgIpc) is 2.79. The van der Waals surface area contributed by atoms with E-state index in [0.717, 1.165) is 51.4 Å². The molecule has 1 rings (SSSR count). The van der Waals surface area contributed by atoms with Crippen LogP contribution in [-0.2, 0) is 9.59 Å². The molecular formula is C18H32O3. The zero-order valence-corrected chi connectivity index (χ0v) is 13.6. The van der Waals surface area contributed by atoms with E-state index in [1.165, 1.54) is 25.7 Å². The fraction of sp³-hybridized carbons (Fsp3) is 0.889. The first-order valence-corrected chi connectivity index (χ1v) is 8.89. The Kier molecular flexibility index (Phi) is 9.36. The lowest BCUT2D eigenvalue weighted by Crippen LogP contribution is -2.14. The zero-order chi connectivity index (χ0) is 15.5. The van der Waals surface area contributed by atoms with E-state index in [9.17, 15) is 9.59 Å². The number of carboxylic acids is 1. The van der Waals surface area contributed by atoms with Gasteiger partial charge in [-0.05, 0) is 31.6 Å². The number of carbonyl (C=O) groups is 2. The van der Waals surface area contributed by atoms with E-state index >= 15 is 0 Å². The predicted octanol–water partition coefficient (Wildman–Crippen LogP) is 4.98. The van der Waals surface area contributed by atoms with Crippen LogP contribution in [0.2, 0.25) is 0 Å². The van der Waals surface area contributed by atoms with Gasteiger partial charge in [-0.25, -0.2) is 0 Å². The highest BCUT2D eigenvalue weighted by atomic mass is 16.4. The predicted molar refractivity (Wildman–Crippen MR) is 85.3 cm³/mol. The third-order valence-electron chi connectivity index (χ3n) is 4.83. The van der Waals surface area contributed by atoms with Gasteiger partial charge in [0.25, 0.3) is 0 Å². The Labute approximate surface area is 129 Å². The number of rotatable bonds is 12.